The lowest BCUT2D eigenvalue weighted by atomic mass is 10.3. The number of amides is 2. The van der Waals surface area contributed by atoms with Crippen molar-refractivity contribution >= 4 is 23.3 Å². The standard InChI is InChI=1S/C18H23N5O3/c1-22-8-10-23(11-9-22)16-5-4-14(13-20-16)21-17(24)6-7-19-18(25)15-3-2-12-26-15/h2-5,12-13H,6-11H2,1H3,(H,19,25)(H,21,24). The van der Waals surface area contributed by atoms with Gasteiger partial charge < -0.3 is 24.9 Å². The zero-order valence-electron chi connectivity index (χ0n) is 14.8. The molecule has 1 aliphatic heterocycles. The van der Waals surface area contributed by atoms with Crippen LogP contribution in [0.4, 0.5) is 11.5 Å². The van der Waals surface area contributed by atoms with E-state index in [1.54, 1.807) is 18.3 Å². The van der Waals surface area contributed by atoms with Crippen molar-refractivity contribution in [2.75, 3.05) is 50.0 Å². The zero-order chi connectivity index (χ0) is 18.4. The number of anilines is 2. The zero-order valence-corrected chi connectivity index (χ0v) is 14.8. The monoisotopic (exact) mass is 357 g/mol. The lowest BCUT2D eigenvalue weighted by Gasteiger charge is -2.33. The molecule has 2 aromatic heterocycles. The molecule has 0 aromatic carbocycles. The Balaban J connectivity index is 1.42. The first kappa shape index (κ1) is 17.9. The average Bonchev–Trinajstić information content (AvgIpc) is 3.18. The van der Waals surface area contributed by atoms with E-state index in [0.717, 1.165) is 32.0 Å². The van der Waals surface area contributed by atoms with Gasteiger partial charge in [0.1, 0.15) is 5.82 Å². The number of aromatic nitrogens is 1. The number of carbonyl (C=O) groups excluding carboxylic acids is 2. The summed E-state index contributed by atoms with van der Waals surface area (Å²) in [5, 5.41) is 5.42. The van der Waals surface area contributed by atoms with Gasteiger partial charge in [-0.3, -0.25) is 9.59 Å². The number of pyridine rings is 1. The molecule has 0 aliphatic carbocycles. The molecule has 0 unspecified atom stereocenters. The topological polar surface area (TPSA) is 90.7 Å². The lowest BCUT2D eigenvalue weighted by Crippen LogP contribution is -2.44. The van der Waals surface area contributed by atoms with Crippen molar-refractivity contribution in [3.05, 3.63) is 42.5 Å². The van der Waals surface area contributed by atoms with Crippen molar-refractivity contribution in [2.45, 2.75) is 6.42 Å². The number of hydrogen-bond donors (Lipinski definition) is 2. The quantitative estimate of drug-likeness (QED) is 0.807. The molecule has 1 aliphatic rings. The summed E-state index contributed by atoms with van der Waals surface area (Å²) < 4.78 is 4.99. The second-order valence-corrected chi connectivity index (χ2v) is 6.23. The fraction of sp³-hybridized carbons (Fsp3) is 0.389. The molecule has 3 rings (SSSR count). The second kappa shape index (κ2) is 8.48. The molecule has 3 heterocycles. The predicted molar refractivity (Wildman–Crippen MR) is 98.2 cm³/mol. The van der Waals surface area contributed by atoms with Crippen LogP contribution < -0.4 is 15.5 Å². The van der Waals surface area contributed by atoms with Crippen LogP contribution in [-0.2, 0) is 4.79 Å². The van der Waals surface area contributed by atoms with Crippen LogP contribution in [0, 0.1) is 0 Å². The first-order valence-electron chi connectivity index (χ1n) is 8.63. The first-order chi connectivity index (χ1) is 12.6. The summed E-state index contributed by atoms with van der Waals surface area (Å²) in [6.07, 6.45) is 3.26. The lowest BCUT2D eigenvalue weighted by molar-refractivity contribution is -0.116. The molecular weight excluding hydrogens is 334 g/mol. The molecular formula is C18H23N5O3. The fourth-order valence-electron chi connectivity index (χ4n) is 2.69. The van der Waals surface area contributed by atoms with E-state index in [0.29, 0.717) is 5.69 Å². The fourth-order valence-corrected chi connectivity index (χ4v) is 2.69. The van der Waals surface area contributed by atoms with Gasteiger partial charge in [-0.05, 0) is 31.3 Å². The van der Waals surface area contributed by atoms with Crippen LogP contribution in [0.2, 0.25) is 0 Å². The molecule has 0 radical (unpaired) electrons. The van der Waals surface area contributed by atoms with E-state index < -0.39 is 0 Å². The van der Waals surface area contributed by atoms with Crippen LogP contribution in [-0.4, -0.2) is 61.5 Å². The highest BCUT2D eigenvalue weighted by molar-refractivity contribution is 5.93. The summed E-state index contributed by atoms with van der Waals surface area (Å²) in [5.41, 5.74) is 0.644. The largest absolute Gasteiger partial charge is 0.459 e. The molecule has 2 N–H and O–H groups in total. The normalized spacial score (nSPS) is 14.9. The SMILES string of the molecule is CN1CCN(c2ccc(NC(=O)CCNC(=O)c3ccco3)cn2)CC1. The van der Waals surface area contributed by atoms with Crippen molar-refractivity contribution in [3.8, 4) is 0 Å². The molecule has 0 atom stereocenters. The molecule has 0 saturated carbocycles. The number of nitrogens with zero attached hydrogens (tertiary/aromatic N) is 3. The third-order valence-electron chi connectivity index (χ3n) is 4.24. The van der Waals surface area contributed by atoms with Crippen molar-refractivity contribution in [1.82, 2.24) is 15.2 Å². The van der Waals surface area contributed by atoms with E-state index in [-0.39, 0.29) is 30.5 Å². The predicted octanol–water partition coefficient (Wildman–Crippen LogP) is 1.18. The van der Waals surface area contributed by atoms with E-state index in [1.807, 2.05) is 12.1 Å². The van der Waals surface area contributed by atoms with Crippen LogP contribution in [0.1, 0.15) is 17.0 Å². The number of likely N-dealkylation sites (N-methyl/N-ethyl adjacent to an activating group) is 1. The number of hydrogen-bond acceptors (Lipinski definition) is 6. The van der Waals surface area contributed by atoms with Gasteiger partial charge in [0.05, 0.1) is 18.1 Å². The Labute approximate surface area is 152 Å². The second-order valence-electron chi connectivity index (χ2n) is 6.23. The molecule has 8 heteroatoms. The van der Waals surface area contributed by atoms with Gasteiger partial charge in [0.25, 0.3) is 5.91 Å². The third-order valence-corrected chi connectivity index (χ3v) is 4.24. The van der Waals surface area contributed by atoms with E-state index in [1.165, 1.54) is 6.26 Å². The van der Waals surface area contributed by atoms with E-state index in [4.69, 9.17) is 4.42 Å². The highest BCUT2D eigenvalue weighted by Gasteiger charge is 2.15. The summed E-state index contributed by atoms with van der Waals surface area (Å²) in [6.45, 7) is 4.17. The van der Waals surface area contributed by atoms with Gasteiger partial charge in [-0.2, -0.15) is 0 Å². The van der Waals surface area contributed by atoms with Gasteiger partial charge in [-0.15, -0.1) is 0 Å². The average molecular weight is 357 g/mol. The molecule has 138 valence electrons. The maximum atomic E-state index is 12.0. The van der Waals surface area contributed by atoms with Gasteiger partial charge in [0.2, 0.25) is 5.91 Å². The third kappa shape index (κ3) is 4.82. The molecule has 0 bridgehead atoms. The number of piperazine rings is 1. The van der Waals surface area contributed by atoms with Gasteiger partial charge in [0, 0.05) is 39.1 Å². The Bertz CT molecular complexity index is 722. The minimum absolute atomic E-state index is 0.173. The molecule has 1 fully saturated rings. The minimum Gasteiger partial charge on any atom is -0.459 e. The molecule has 26 heavy (non-hydrogen) atoms. The number of nitrogens with one attached hydrogen (secondary N) is 2. The Hall–Kier alpha value is -2.87. The van der Waals surface area contributed by atoms with E-state index in [2.05, 4.69) is 32.5 Å². The Morgan fingerprint density at radius 1 is 1.19 bits per heavy atom. The van der Waals surface area contributed by atoms with Crippen molar-refractivity contribution < 1.29 is 14.0 Å². The van der Waals surface area contributed by atoms with Crippen LogP contribution >= 0.6 is 0 Å². The first-order valence-corrected chi connectivity index (χ1v) is 8.63. The van der Waals surface area contributed by atoms with Crippen molar-refractivity contribution in [3.63, 3.8) is 0 Å². The van der Waals surface area contributed by atoms with Gasteiger partial charge in [-0.25, -0.2) is 4.98 Å². The van der Waals surface area contributed by atoms with Crippen molar-refractivity contribution in [2.24, 2.45) is 0 Å². The number of carbonyl (C=O) groups is 2. The molecule has 2 amide bonds. The van der Waals surface area contributed by atoms with Gasteiger partial charge in [-0.1, -0.05) is 0 Å². The maximum absolute atomic E-state index is 12.0. The number of rotatable bonds is 6. The molecule has 0 spiro atoms. The van der Waals surface area contributed by atoms with Crippen molar-refractivity contribution in [1.29, 1.82) is 0 Å². The Kier molecular flexibility index (Phi) is 5.85. The maximum Gasteiger partial charge on any atom is 0.286 e. The molecule has 2 aromatic rings. The smallest absolute Gasteiger partial charge is 0.286 e. The van der Waals surface area contributed by atoms with Gasteiger partial charge >= 0.3 is 0 Å². The van der Waals surface area contributed by atoms with Crippen LogP contribution in [0.15, 0.2) is 41.1 Å². The summed E-state index contributed by atoms with van der Waals surface area (Å²) in [7, 11) is 2.11. The summed E-state index contributed by atoms with van der Waals surface area (Å²) in [6, 6.07) is 6.98. The molecule has 8 nitrogen and oxygen atoms in total. The summed E-state index contributed by atoms with van der Waals surface area (Å²) >= 11 is 0. The highest BCUT2D eigenvalue weighted by atomic mass is 16.3. The molecule has 1 saturated heterocycles. The Morgan fingerprint density at radius 2 is 2.00 bits per heavy atom. The van der Waals surface area contributed by atoms with Crippen LogP contribution in [0.3, 0.4) is 0 Å². The van der Waals surface area contributed by atoms with Gasteiger partial charge in [0.15, 0.2) is 5.76 Å². The minimum atomic E-state index is -0.332. The van der Waals surface area contributed by atoms with E-state index >= 15 is 0 Å². The van der Waals surface area contributed by atoms with Crippen LogP contribution in [0.25, 0.3) is 0 Å². The van der Waals surface area contributed by atoms with E-state index in [9.17, 15) is 9.59 Å². The Morgan fingerprint density at radius 3 is 2.65 bits per heavy atom. The number of furan rings is 1. The highest BCUT2D eigenvalue weighted by Crippen LogP contribution is 2.15. The van der Waals surface area contributed by atoms with Crippen LogP contribution in [0.5, 0.6) is 0 Å². The summed E-state index contributed by atoms with van der Waals surface area (Å²) in [4.78, 5) is 32.6. The summed E-state index contributed by atoms with van der Waals surface area (Å²) in [5.74, 6) is 0.635.